The molecule has 1 aromatic rings. The van der Waals surface area contributed by atoms with E-state index in [0.29, 0.717) is 5.92 Å². The van der Waals surface area contributed by atoms with E-state index in [9.17, 15) is 4.79 Å². The highest BCUT2D eigenvalue weighted by Gasteiger charge is 2.10. The molecular weight excluding hydrogens is 334 g/mol. The summed E-state index contributed by atoms with van der Waals surface area (Å²) in [6.07, 6.45) is 16.0. The predicted molar refractivity (Wildman–Crippen MR) is 116 cm³/mol. The lowest BCUT2D eigenvalue weighted by Gasteiger charge is -2.18. The predicted octanol–water partition coefficient (Wildman–Crippen LogP) is 7.36. The Morgan fingerprint density at radius 1 is 0.852 bits per heavy atom. The van der Waals surface area contributed by atoms with Crippen LogP contribution >= 0.6 is 0 Å². The first kappa shape index (κ1) is 23.5. The minimum atomic E-state index is -0.0465. The van der Waals surface area contributed by atoms with Crippen LogP contribution in [0.1, 0.15) is 97.8 Å². The normalized spacial score (nSPS) is 12.0. The molecule has 0 aromatic heterocycles. The van der Waals surface area contributed by atoms with Crippen LogP contribution in [0.4, 0.5) is 5.69 Å². The van der Waals surface area contributed by atoms with Crippen molar-refractivity contribution in [2.75, 3.05) is 11.9 Å². The minimum absolute atomic E-state index is 0.0465. The van der Waals surface area contributed by atoms with E-state index < -0.39 is 0 Å². The van der Waals surface area contributed by atoms with Crippen LogP contribution in [-0.2, 0) is 4.79 Å². The highest BCUT2D eigenvalue weighted by Crippen LogP contribution is 2.22. The van der Waals surface area contributed by atoms with E-state index in [1.807, 2.05) is 24.3 Å². The van der Waals surface area contributed by atoms with Crippen LogP contribution in [-0.4, -0.2) is 12.5 Å². The number of unbranched alkanes of at least 4 members (excludes halogenated alkanes) is 8. The Hall–Kier alpha value is -1.51. The van der Waals surface area contributed by atoms with Crippen molar-refractivity contribution >= 4 is 11.6 Å². The van der Waals surface area contributed by atoms with Gasteiger partial charge in [-0.3, -0.25) is 4.79 Å². The van der Waals surface area contributed by atoms with Crippen molar-refractivity contribution in [1.29, 1.82) is 0 Å². The summed E-state index contributed by atoms with van der Waals surface area (Å²) in [6, 6.07) is 7.70. The molecule has 0 spiro atoms. The second-order valence-corrected chi connectivity index (χ2v) is 7.79. The molecule has 0 radical (unpaired) electrons. The molecule has 0 aliphatic heterocycles. The second kappa shape index (κ2) is 15.5. The van der Waals surface area contributed by atoms with Crippen LogP contribution in [0.5, 0.6) is 5.75 Å². The Kier molecular flexibility index (Phi) is 13.5. The van der Waals surface area contributed by atoms with Gasteiger partial charge in [0.2, 0.25) is 5.91 Å². The number of ether oxygens (including phenoxy) is 1. The Morgan fingerprint density at radius 3 is 1.93 bits per heavy atom. The molecule has 3 nitrogen and oxygen atoms in total. The molecule has 27 heavy (non-hydrogen) atoms. The molecule has 1 aromatic carbocycles. The molecule has 0 saturated heterocycles. The van der Waals surface area contributed by atoms with E-state index >= 15 is 0 Å². The number of anilines is 1. The van der Waals surface area contributed by atoms with Crippen LogP contribution in [0.25, 0.3) is 0 Å². The lowest BCUT2D eigenvalue weighted by Crippen LogP contribution is -2.12. The maximum Gasteiger partial charge on any atom is 0.221 e. The molecule has 0 aliphatic rings. The van der Waals surface area contributed by atoms with Crippen molar-refractivity contribution in [1.82, 2.24) is 0 Å². The zero-order chi connectivity index (χ0) is 19.7. The lowest BCUT2D eigenvalue weighted by atomic mass is 9.95. The lowest BCUT2D eigenvalue weighted by molar-refractivity contribution is -0.114. The molecule has 0 aliphatic carbocycles. The van der Waals surface area contributed by atoms with Gasteiger partial charge in [0.15, 0.2) is 0 Å². The molecule has 1 N–H and O–H groups in total. The summed E-state index contributed by atoms with van der Waals surface area (Å²) in [5.41, 5.74) is 0.818. The summed E-state index contributed by atoms with van der Waals surface area (Å²) in [5, 5.41) is 2.79. The second-order valence-electron chi connectivity index (χ2n) is 7.79. The van der Waals surface area contributed by atoms with Gasteiger partial charge in [-0.1, -0.05) is 78.1 Å². The molecule has 0 heterocycles. The van der Waals surface area contributed by atoms with E-state index in [1.165, 1.54) is 84.0 Å². The smallest absolute Gasteiger partial charge is 0.221 e. The van der Waals surface area contributed by atoms with Gasteiger partial charge in [0, 0.05) is 12.6 Å². The maximum absolute atomic E-state index is 11.1. The van der Waals surface area contributed by atoms with Crippen molar-refractivity contribution in [2.24, 2.45) is 5.92 Å². The van der Waals surface area contributed by atoms with E-state index in [-0.39, 0.29) is 5.91 Å². The van der Waals surface area contributed by atoms with Gasteiger partial charge in [-0.15, -0.1) is 0 Å². The fourth-order valence-electron chi connectivity index (χ4n) is 3.44. The van der Waals surface area contributed by atoms with Crippen molar-refractivity contribution < 1.29 is 9.53 Å². The van der Waals surface area contributed by atoms with Crippen molar-refractivity contribution in [3.63, 3.8) is 0 Å². The molecular formula is C24H41NO2. The first-order chi connectivity index (χ1) is 13.2. The van der Waals surface area contributed by atoms with Crippen molar-refractivity contribution in [2.45, 2.75) is 97.8 Å². The van der Waals surface area contributed by atoms with Gasteiger partial charge in [-0.25, -0.2) is 0 Å². The molecule has 1 amide bonds. The first-order valence-electron chi connectivity index (χ1n) is 11.2. The number of hydrogen-bond donors (Lipinski definition) is 1. The standard InChI is InChI=1S/C24H41NO2/c1-4-6-8-10-11-13-15-22(14-12-9-7-5-2)20-27-24-18-16-23(17-19-24)25-21(3)26/h16-19,22H,4-15,20H2,1-3H3,(H,25,26). The fourth-order valence-corrected chi connectivity index (χ4v) is 3.44. The average molecular weight is 376 g/mol. The number of rotatable bonds is 16. The van der Waals surface area contributed by atoms with Crippen molar-refractivity contribution in [3.05, 3.63) is 24.3 Å². The van der Waals surface area contributed by atoms with Gasteiger partial charge < -0.3 is 10.1 Å². The number of carbonyl (C=O) groups is 1. The largest absolute Gasteiger partial charge is 0.493 e. The van der Waals surface area contributed by atoms with Gasteiger partial charge in [0.05, 0.1) is 6.61 Å². The van der Waals surface area contributed by atoms with Crippen LogP contribution in [0.3, 0.4) is 0 Å². The van der Waals surface area contributed by atoms with Gasteiger partial charge >= 0.3 is 0 Å². The van der Waals surface area contributed by atoms with Gasteiger partial charge in [0.25, 0.3) is 0 Å². The number of nitrogens with one attached hydrogen (secondary N) is 1. The van der Waals surface area contributed by atoms with E-state index in [1.54, 1.807) is 0 Å². The monoisotopic (exact) mass is 375 g/mol. The summed E-state index contributed by atoms with van der Waals surface area (Å²) in [5.74, 6) is 1.50. The molecule has 1 rings (SSSR count). The van der Waals surface area contributed by atoms with Gasteiger partial charge in [-0.2, -0.15) is 0 Å². The summed E-state index contributed by atoms with van der Waals surface area (Å²) in [6.45, 7) is 6.87. The Labute approximate surface area is 167 Å². The molecule has 3 heteroatoms. The number of hydrogen-bond acceptors (Lipinski definition) is 2. The topological polar surface area (TPSA) is 38.3 Å². The molecule has 1 unspecified atom stereocenters. The summed E-state index contributed by atoms with van der Waals surface area (Å²) < 4.78 is 6.07. The van der Waals surface area contributed by atoms with Crippen LogP contribution in [0.2, 0.25) is 0 Å². The van der Waals surface area contributed by atoms with E-state index in [4.69, 9.17) is 4.74 Å². The Balaban J connectivity index is 2.38. The molecule has 154 valence electrons. The van der Waals surface area contributed by atoms with Crippen LogP contribution < -0.4 is 10.1 Å². The molecule has 0 fully saturated rings. The quantitative estimate of drug-likeness (QED) is 0.306. The molecule has 1 atom stereocenters. The maximum atomic E-state index is 11.1. The zero-order valence-electron chi connectivity index (χ0n) is 17.9. The third-order valence-corrected chi connectivity index (χ3v) is 5.09. The van der Waals surface area contributed by atoms with Crippen LogP contribution in [0.15, 0.2) is 24.3 Å². The number of amides is 1. The summed E-state index contributed by atoms with van der Waals surface area (Å²) in [7, 11) is 0. The van der Waals surface area contributed by atoms with Crippen LogP contribution in [0, 0.1) is 5.92 Å². The average Bonchev–Trinajstić information content (AvgIpc) is 2.66. The number of benzene rings is 1. The van der Waals surface area contributed by atoms with Gasteiger partial charge in [0.1, 0.15) is 5.75 Å². The van der Waals surface area contributed by atoms with E-state index in [0.717, 1.165) is 18.0 Å². The molecule has 0 saturated carbocycles. The first-order valence-corrected chi connectivity index (χ1v) is 11.2. The Morgan fingerprint density at radius 2 is 1.37 bits per heavy atom. The zero-order valence-corrected chi connectivity index (χ0v) is 17.9. The van der Waals surface area contributed by atoms with Gasteiger partial charge in [-0.05, 0) is 43.0 Å². The third kappa shape index (κ3) is 12.5. The highest BCUT2D eigenvalue weighted by atomic mass is 16.5. The SMILES string of the molecule is CCCCCCCCC(CCCCCC)COc1ccc(NC(C)=O)cc1. The minimum Gasteiger partial charge on any atom is -0.493 e. The number of carbonyl (C=O) groups excluding carboxylic acids is 1. The highest BCUT2D eigenvalue weighted by molar-refractivity contribution is 5.88. The Bertz CT molecular complexity index is 484. The third-order valence-electron chi connectivity index (χ3n) is 5.09. The summed E-state index contributed by atoms with van der Waals surface area (Å²) in [4.78, 5) is 11.1. The summed E-state index contributed by atoms with van der Waals surface area (Å²) >= 11 is 0. The van der Waals surface area contributed by atoms with E-state index in [2.05, 4.69) is 19.2 Å². The fraction of sp³-hybridized carbons (Fsp3) is 0.708. The molecule has 0 bridgehead atoms. The van der Waals surface area contributed by atoms with Crippen molar-refractivity contribution in [3.8, 4) is 5.75 Å².